The molecule has 1 aromatic rings. The largest absolute Gasteiger partial charge is 0.497 e. The quantitative estimate of drug-likeness (QED) is 0.553. The third kappa shape index (κ3) is 5.35. The van der Waals surface area contributed by atoms with Crippen molar-refractivity contribution < 1.29 is 9.47 Å². The average molecular weight is 406 g/mol. The lowest BCUT2D eigenvalue weighted by Gasteiger charge is -2.35. The SMILES string of the molecule is CCNC(=NCC1(SCC)CCOCC1)N1CCC(c2ccc(OC)cc2)C1. The summed E-state index contributed by atoms with van der Waals surface area (Å²) in [7, 11) is 1.72. The van der Waals surface area contributed by atoms with Crippen LogP contribution in [-0.4, -0.2) is 67.9 Å². The first-order valence-electron chi connectivity index (χ1n) is 10.6. The van der Waals surface area contributed by atoms with E-state index in [1.807, 2.05) is 0 Å². The number of thioether (sulfide) groups is 1. The summed E-state index contributed by atoms with van der Waals surface area (Å²) in [4.78, 5) is 7.53. The molecule has 0 aliphatic carbocycles. The first kappa shape index (κ1) is 21.3. The number of methoxy groups -OCH3 is 1. The molecule has 0 amide bonds. The molecule has 0 spiro atoms. The van der Waals surface area contributed by atoms with Crippen molar-refractivity contribution in [1.29, 1.82) is 0 Å². The topological polar surface area (TPSA) is 46.1 Å². The predicted molar refractivity (Wildman–Crippen MR) is 119 cm³/mol. The van der Waals surface area contributed by atoms with Crippen LogP contribution in [0.25, 0.3) is 0 Å². The fourth-order valence-electron chi connectivity index (χ4n) is 4.14. The summed E-state index contributed by atoms with van der Waals surface area (Å²) >= 11 is 2.06. The van der Waals surface area contributed by atoms with Gasteiger partial charge in [-0.3, -0.25) is 4.99 Å². The van der Waals surface area contributed by atoms with Crippen molar-refractivity contribution in [1.82, 2.24) is 10.2 Å². The van der Waals surface area contributed by atoms with Gasteiger partial charge >= 0.3 is 0 Å². The van der Waals surface area contributed by atoms with Gasteiger partial charge in [0.15, 0.2) is 5.96 Å². The number of nitrogens with one attached hydrogen (secondary N) is 1. The van der Waals surface area contributed by atoms with Crippen LogP contribution >= 0.6 is 11.8 Å². The molecule has 0 bridgehead atoms. The number of aliphatic imine (C=N–C) groups is 1. The highest BCUT2D eigenvalue weighted by molar-refractivity contribution is 8.00. The molecule has 1 atom stereocenters. The van der Waals surface area contributed by atoms with Crippen molar-refractivity contribution in [3.8, 4) is 5.75 Å². The molecule has 1 unspecified atom stereocenters. The maximum Gasteiger partial charge on any atom is 0.193 e. The van der Waals surface area contributed by atoms with E-state index in [1.54, 1.807) is 7.11 Å². The van der Waals surface area contributed by atoms with Gasteiger partial charge in [-0.05, 0) is 49.6 Å². The molecular weight excluding hydrogens is 370 g/mol. The third-order valence-electron chi connectivity index (χ3n) is 5.78. The van der Waals surface area contributed by atoms with E-state index in [9.17, 15) is 0 Å². The first-order valence-corrected chi connectivity index (χ1v) is 11.6. The molecule has 28 heavy (non-hydrogen) atoms. The molecule has 156 valence electrons. The predicted octanol–water partition coefficient (Wildman–Crippen LogP) is 3.75. The summed E-state index contributed by atoms with van der Waals surface area (Å²) in [5.74, 6) is 3.68. The Morgan fingerprint density at radius 1 is 1.29 bits per heavy atom. The van der Waals surface area contributed by atoms with Crippen molar-refractivity contribution in [2.45, 2.75) is 43.8 Å². The van der Waals surface area contributed by atoms with Crippen LogP contribution in [0.5, 0.6) is 5.75 Å². The van der Waals surface area contributed by atoms with Gasteiger partial charge in [-0.1, -0.05) is 19.1 Å². The Hall–Kier alpha value is -1.40. The van der Waals surface area contributed by atoms with E-state index in [0.29, 0.717) is 5.92 Å². The number of hydrogen-bond acceptors (Lipinski definition) is 4. The molecule has 0 aromatic heterocycles. The van der Waals surface area contributed by atoms with Gasteiger partial charge < -0.3 is 19.7 Å². The fourth-order valence-corrected chi connectivity index (χ4v) is 5.37. The molecule has 2 aliphatic rings. The van der Waals surface area contributed by atoms with Gasteiger partial charge in [0.1, 0.15) is 5.75 Å². The van der Waals surface area contributed by atoms with E-state index in [4.69, 9.17) is 14.5 Å². The van der Waals surface area contributed by atoms with Crippen LogP contribution in [0.15, 0.2) is 29.3 Å². The molecule has 2 heterocycles. The molecule has 2 aliphatic heterocycles. The Balaban J connectivity index is 1.66. The molecule has 3 rings (SSSR count). The van der Waals surface area contributed by atoms with Crippen LogP contribution in [-0.2, 0) is 4.74 Å². The molecule has 1 aromatic carbocycles. The lowest BCUT2D eigenvalue weighted by Crippen LogP contribution is -2.42. The van der Waals surface area contributed by atoms with Crippen molar-refractivity contribution in [3.05, 3.63) is 29.8 Å². The van der Waals surface area contributed by atoms with Crippen LogP contribution in [0.1, 0.15) is 44.6 Å². The Morgan fingerprint density at radius 2 is 2.04 bits per heavy atom. The molecule has 5 nitrogen and oxygen atoms in total. The Bertz CT molecular complexity index is 624. The highest BCUT2D eigenvalue weighted by Gasteiger charge is 2.33. The van der Waals surface area contributed by atoms with Gasteiger partial charge in [-0.2, -0.15) is 11.8 Å². The minimum Gasteiger partial charge on any atom is -0.497 e. The van der Waals surface area contributed by atoms with Gasteiger partial charge in [0.05, 0.1) is 13.7 Å². The van der Waals surface area contributed by atoms with E-state index in [0.717, 1.165) is 69.7 Å². The first-order chi connectivity index (χ1) is 13.7. The number of guanidine groups is 1. The van der Waals surface area contributed by atoms with Crippen LogP contribution < -0.4 is 10.1 Å². The van der Waals surface area contributed by atoms with Gasteiger partial charge in [-0.15, -0.1) is 0 Å². The van der Waals surface area contributed by atoms with Gasteiger partial charge in [0.25, 0.3) is 0 Å². The van der Waals surface area contributed by atoms with E-state index in [2.05, 4.69) is 60.1 Å². The number of nitrogens with zero attached hydrogens (tertiary/aromatic N) is 2. The van der Waals surface area contributed by atoms with E-state index < -0.39 is 0 Å². The number of benzene rings is 1. The summed E-state index contributed by atoms with van der Waals surface area (Å²) < 4.78 is 11.1. The lowest BCUT2D eigenvalue weighted by atomic mass is 9.98. The molecule has 0 radical (unpaired) electrons. The fraction of sp³-hybridized carbons (Fsp3) is 0.682. The second-order valence-electron chi connectivity index (χ2n) is 7.60. The number of rotatable bonds is 7. The van der Waals surface area contributed by atoms with Crippen LogP contribution in [0.2, 0.25) is 0 Å². The summed E-state index contributed by atoms with van der Waals surface area (Å²) in [5, 5.41) is 3.53. The second kappa shape index (κ2) is 10.4. The lowest BCUT2D eigenvalue weighted by molar-refractivity contribution is 0.0793. The Kier molecular flexibility index (Phi) is 7.91. The Labute approximate surface area is 174 Å². The average Bonchev–Trinajstić information content (AvgIpc) is 3.22. The summed E-state index contributed by atoms with van der Waals surface area (Å²) in [5.41, 5.74) is 1.39. The van der Waals surface area contributed by atoms with Crippen LogP contribution in [0.3, 0.4) is 0 Å². The zero-order valence-corrected chi connectivity index (χ0v) is 18.4. The molecule has 2 fully saturated rings. The maximum atomic E-state index is 5.61. The summed E-state index contributed by atoms with van der Waals surface area (Å²) in [6, 6.07) is 8.53. The van der Waals surface area contributed by atoms with Crippen LogP contribution in [0, 0.1) is 0 Å². The monoisotopic (exact) mass is 405 g/mol. The van der Waals surface area contributed by atoms with Gasteiger partial charge in [0, 0.05) is 43.5 Å². The van der Waals surface area contributed by atoms with E-state index in [1.165, 1.54) is 12.0 Å². The number of ether oxygens (including phenoxy) is 2. The number of likely N-dealkylation sites (tertiary alicyclic amines) is 1. The summed E-state index contributed by atoms with van der Waals surface area (Å²) in [6.45, 7) is 9.98. The zero-order valence-electron chi connectivity index (χ0n) is 17.6. The third-order valence-corrected chi connectivity index (χ3v) is 7.22. The minimum absolute atomic E-state index is 0.239. The number of hydrogen-bond donors (Lipinski definition) is 1. The van der Waals surface area contributed by atoms with E-state index in [-0.39, 0.29) is 4.75 Å². The standard InChI is InChI=1S/C22H35N3O2S/c1-4-23-21(24-17-22(28-5-2)11-14-27-15-12-22)25-13-10-19(16-25)18-6-8-20(26-3)9-7-18/h6-9,19H,4-5,10-17H2,1-3H3,(H,23,24). The Morgan fingerprint density at radius 3 is 2.68 bits per heavy atom. The van der Waals surface area contributed by atoms with Crippen LogP contribution in [0.4, 0.5) is 0 Å². The van der Waals surface area contributed by atoms with Crippen molar-refractivity contribution in [2.75, 3.05) is 52.3 Å². The normalized spacial score (nSPS) is 22.3. The van der Waals surface area contributed by atoms with Gasteiger partial charge in [-0.25, -0.2) is 0 Å². The molecule has 2 saturated heterocycles. The molecule has 6 heteroatoms. The molecular formula is C22H35N3O2S. The zero-order chi connectivity index (χ0) is 19.8. The smallest absolute Gasteiger partial charge is 0.193 e. The highest BCUT2D eigenvalue weighted by Crippen LogP contribution is 2.36. The van der Waals surface area contributed by atoms with Crippen molar-refractivity contribution in [3.63, 3.8) is 0 Å². The molecule has 1 N–H and O–H groups in total. The highest BCUT2D eigenvalue weighted by atomic mass is 32.2. The summed E-state index contributed by atoms with van der Waals surface area (Å²) in [6.07, 6.45) is 3.37. The van der Waals surface area contributed by atoms with Crippen molar-refractivity contribution >= 4 is 17.7 Å². The molecule has 0 saturated carbocycles. The minimum atomic E-state index is 0.239. The van der Waals surface area contributed by atoms with Gasteiger partial charge in [0.2, 0.25) is 0 Å². The van der Waals surface area contributed by atoms with E-state index >= 15 is 0 Å². The maximum absolute atomic E-state index is 5.61. The van der Waals surface area contributed by atoms with Crippen molar-refractivity contribution in [2.24, 2.45) is 4.99 Å². The second-order valence-corrected chi connectivity index (χ2v) is 9.34.